The lowest BCUT2D eigenvalue weighted by Crippen LogP contribution is -2.13. The fourth-order valence-electron chi connectivity index (χ4n) is 1.40. The van der Waals surface area contributed by atoms with E-state index >= 15 is 0 Å². The second-order valence-electron chi connectivity index (χ2n) is 4.28. The lowest BCUT2D eigenvalue weighted by atomic mass is 10.1. The number of rotatable bonds is 5. The molecular formula is C13H16ClNO2. The lowest BCUT2D eigenvalue weighted by Gasteiger charge is -2.07. The van der Waals surface area contributed by atoms with E-state index in [2.05, 4.69) is 5.32 Å². The Kier molecular flexibility index (Phi) is 5.16. The minimum Gasteiger partial charge on any atom is -0.326 e. The van der Waals surface area contributed by atoms with Crippen LogP contribution in [0.5, 0.6) is 0 Å². The van der Waals surface area contributed by atoms with Crippen molar-refractivity contribution in [1.29, 1.82) is 0 Å². The molecule has 0 aliphatic carbocycles. The second-order valence-corrected chi connectivity index (χ2v) is 4.55. The van der Waals surface area contributed by atoms with Gasteiger partial charge in [-0.15, -0.1) is 11.6 Å². The first-order valence-corrected chi connectivity index (χ1v) is 6.05. The molecule has 1 amide bonds. The van der Waals surface area contributed by atoms with Crippen molar-refractivity contribution in [2.45, 2.75) is 20.3 Å². The fraction of sp³-hybridized carbons (Fsp3) is 0.385. The summed E-state index contributed by atoms with van der Waals surface area (Å²) in [5, 5.41) is 2.77. The molecule has 17 heavy (non-hydrogen) atoms. The highest BCUT2D eigenvalue weighted by molar-refractivity contribution is 6.30. The molecule has 0 aromatic heterocycles. The van der Waals surface area contributed by atoms with Gasteiger partial charge in [0.1, 0.15) is 0 Å². The van der Waals surface area contributed by atoms with Gasteiger partial charge in [0.2, 0.25) is 5.91 Å². The Morgan fingerprint density at radius 1 is 1.24 bits per heavy atom. The highest BCUT2D eigenvalue weighted by atomic mass is 35.5. The molecule has 0 atom stereocenters. The number of alkyl halides is 1. The molecule has 4 heteroatoms. The number of hydrogen-bond donors (Lipinski definition) is 1. The number of hydrogen-bond acceptors (Lipinski definition) is 2. The number of carbonyl (C=O) groups excluding carboxylic acids is 2. The number of amides is 1. The first-order valence-electron chi connectivity index (χ1n) is 5.52. The molecule has 1 aromatic carbocycles. The molecule has 0 spiro atoms. The van der Waals surface area contributed by atoms with Crippen LogP contribution < -0.4 is 5.32 Å². The molecule has 1 aromatic rings. The average Bonchev–Trinajstić information content (AvgIpc) is 2.28. The van der Waals surface area contributed by atoms with E-state index in [4.69, 9.17) is 11.6 Å². The SMILES string of the molecule is CC(C)CC(=O)Nc1ccc(C(=O)CCl)cc1. The van der Waals surface area contributed by atoms with E-state index in [-0.39, 0.29) is 17.6 Å². The number of nitrogens with one attached hydrogen (secondary N) is 1. The van der Waals surface area contributed by atoms with Gasteiger partial charge in [0.25, 0.3) is 0 Å². The Hall–Kier alpha value is -1.35. The van der Waals surface area contributed by atoms with Crippen molar-refractivity contribution < 1.29 is 9.59 Å². The Morgan fingerprint density at radius 3 is 2.29 bits per heavy atom. The zero-order valence-electron chi connectivity index (χ0n) is 10.00. The number of carbonyl (C=O) groups is 2. The van der Waals surface area contributed by atoms with Gasteiger partial charge in [-0.3, -0.25) is 9.59 Å². The highest BCUT2D eigenvalue weighted by Gasteiger charge is 2.06. The van der Waals surface area contributed by atoms with Crippen molar-refractivity contribution in [2.24, 2.45) is 5.92 Å². The predicted octanol–water partition coefficient (Wildman–Crippen LogP) is 3.09. The van der Waals surface area contributed by atoms with Gasteiger partial charge in [-0.1, -0.05) is 13.8 Å². The summed E-state index contributed by atoms with van der Waals surface area (Å²) in [6, 6.07) is 6.74. The molecule has 92 valence electrons. The topological polar surface area (TPSA) is 46.2 Å². The quantitative estimate of drug-likeness (QED) is 0.647. The van der Waals surface area contributed by atoms with Gasteiger partial charge in [-0.25, -0.2) is 0 Å². The predicted molar refractivity (Wildman–Crippen MR) is 69.6 cm³/mol. The summed E-state index contributed by atoms with van der Waals surface area (Å²) in [4.78, 5) is 22.8. The maximum atomic E-state index is 11.5. The Labute approximate surface area is 106 Å². The van der Waals surface area contributed by atoms with Gasteiger partial charge < -0.3 is 5.32 Å². The molecule has 1 rings (SSSR count). The van der Waals surface area contributed by atoms with Crippen molar-refractivity contribution in [2.75, 3.05) is 11.2 Å². The molecule has 3 nitrogen and oxygen atoms in total. The summed E-state index contributed by atoms with van der Waals surface area (Å²) in [7, 11) is 0. The van der Waals surface area contributed by atoms with Crippen LogP contribution in [0.25, 0.3) is 0 Å². The number of benzene rings is 1. The van der Waals surface area contributed by atoms with Crippen LogP contribution in [-0.2, 0) is 4.79 Å². The maximum absolute atomic E-state index is 11.5. The van der Waals surface area contributed by atoms with Crippen molar-refractivity contribution in [3.8, 4) is 0 Å². The summed E-state index contributed by atoms with van der Waals surface area (Å²) < 4.78 is 0. The molecule has 0 heterocycles. The molecule has 1 N–H and O–H groups in total. The Bertz CT molecular complexity index is 398. The minimum absolute atomic E-state index is 0.0172. The molecule has 0 fully saturated rings. The van der Waals surface area contributed by atoms with E-state index in [1.54, 1.807) is 24.3 Å². The van der Waals surface area contributed by atoms with Crippen molar-refractivity contribution in [1.82, 2.24) is 0 Å². The van der Waals surface area contributed by atoms with Crippen LogP contribution in [0.3, 0.4) is 0 Å². The average molecular weight is 254 g/mol. The first-order chi connectivity index (χ1) is 8.02. The van der Waals surface area contributed by atoms with Crippen LogP contribution in [-0.4, -0.2) is 17.6 Å². The molecule has 0 unspecified atom stereocenters. The molecule has 0 saturated heterocycles. The van der Waals surface area contributed by atoms with E-state index in [0.717, 1.165) is 0 Å². The van der Waals surface area contributed by atoms with Crippen LogP contribution in [0.4, 0.5) is 5.69 Å². The van der Waals surface area contributed by atoms with Gasteiger partial charge in [-0.05, 0) is 30.2 Å². The summed E-state index contributed by atoms with van der Waals surface area (Å²) in [5.41, 5.74) is 1.25. The third-order valence-corrected chi connectivity index (χ3v) is 2.45. The molecule has 0 aliphatic heterocycles. The standard InChI is InChI=1S/C13H16ClNO2/c1-9(2)7-13(17)15-11-5-3-10(4-6-11)12(16)8-14/h3-6,9H,7-8H2,1-2H3,(H,15,17). The van der Waals surface area contributed by atoms with Crippen LogP contribution in [0, 0.1) is 5.92 Å². The number of Topliss-reactive ketones (excluding diaryl/α,β-unsaturated/α-hetero) is 1. The van der Waals surface area contributed by atoms with Crippen LogP contribution >= 0.6 is 11.6 Å². The Balaban J connectivity index is 2.62. The van der Waals surface area contributed by atoms with Gasteiger partial charge in [0.05, 0.1) is 5.88 Å². The Morgan fingerprint density at radius 2 is 1.82 bits per heavy atom. The third-order valence-electron chi connectivity index (χ3n) is 2.21. The smallest absolute Gasteiger partial charge is 0.224 e. The third kappa shape index (κ3) is 4.57. The van der Waals surface area contributed by atoms with Crippen molar-refractivity contribution >= 4 is 29.0 Å². The molecular weight excluding hydrogens is 238 g/mol. The molecule has 0 saturated carbocycles. The maximum Gasteiger partial charge on any atom is 0.224 e. The largest absolute Gasteiger partial charge is 0.326 e. The summed E-state index contributed by atoms with van der Waals surface area (Å²) in [6.07, 6.45) is 0.488. The molecule has 0 bridgehead atoms. The van der Waals surface area contributed by atoms with E-state index in [1.165, 1.54) is 0 Å². The molecule has 0 radical (unpaired) electrons. The number of halogens is 1. The van der Waals surface area contributed by atoms with Crippen LogP contribution in [0.2, 0.25) is 0 Å². The lowest BCUT2D eigenvalue weighted by molar-refractivity contribution is -0.116. The fourth-order valence-corrected chi connectivity index (χ4v) is 1.55. The van der Waals surface area contributed by atoms with Crippen molar-refractivity contribution in [3.05, 3.63) is 29.8 Å². The zero-order valence-corrected chi connectivity index (χ0v) is 10.8. The summed E-state index contributed by atoms with van der Waals surface area (Å²) in [6.45, 7) is 3.98. The minimum atomic E-state index is -0.119. The second kappa shape index (κ2) is 6.40. The monoisotopic (exact) mass is 253 g/mol. The summed E-state index contributed by atoms with van der Waals surface area (Å²) in [5.74, 6) is 0.161. The van der Waals surface area contributed by atoms with E-state index < -0.39 is 0 Å². The van der Waals surface area contributed by atoms with E-state index in [9.17, 15) is 9.59 Å². The number of ketones is 1. The van der Waals surface area contributed by atoms with Gasteiger partial charge in [0.15, 0.2) is 5.78 Å². The van der Waals surface area contributed by atoms with E-state index in [0.29, 0.717) is 23.6 Å². The van der Waals surface area contributed by atoms with Gasteiger partial charge >= 0.3 is 0 Å². The van der Waals surface area contributed by atoms with Gasteiger partial charge in [-0.2, -0.15) is 0 Å². The van der Waals surface area contributed by atoms with E-state index in [1.807, 2.05) is 13.8 Å². The van der Waals surface area contributed by atoms with Crippen molar-refractivity contribution in [3.63, 3.8) is 0 Å². The van der Waals surface area contributed by atoms with Crippen LogP contribution in [0.1, 0.15) is 30.6 Å². The highest BCUT2D eigenvalue weighted by Crippen LogP contribution is 2.12. The van der Waals surface area contributed by atoms with Gasteiger partial charge in [0, 0.05) is 17.7 Å². The normalized spacial score (nSPS) is 10.4. The molecule has 0 aliphatic rings. The first kappa shape index (κ1) is 13.7. The summed E-state index contributed by atoms with van der Waals surface area (Å²) >= 11 is 5.45. The zero-order chi connectivity index (χ0) is 12.8. The van der Waals surface area contributed by atoms with Crippen LogP contribution in [0.15, 0.2) is 24.3 Å². The number of anilines is 1.